The number of rotatable bonds is 9. The maximum atomic E-state index is 12.2. The standard InChI is InChI=1S/C16H23NO4/c1-3-5-10-15(18)14(7-4-2)16(19)12-8-6-9-13(11-12)17(20)21/h6,8-9,11,14,16,19H,3-5,7,10H2,1-2H3. The Bertz CT molecular complexity index is 487. The van der Waals surface area contributed by atoms with Crippen LogP contribution in [-0.4, -0.2) is 15.8 Å². The van der Waals surface area contributed by atoms with E-state index in [-0.39, 0.29) is 11.5 Å². The molecule has 0 heterocycles. The number of Topliss-reactive ketones (excluding diaryl/α,β-unsaturated/α-hetero) is 1. The lowest BCUT2D eigenvalue weighted by molar-refractivity contribution is -0.385. The predicted octanol–water partition coefficient (Wildman–Crippen LogP) is 3.80. The second-order valence-corrected chi connectivity index (χ2v) is 5.26. The van der Waals surface area contributed by atoms with Gasteiger partial charge in [0.25, 0.3) is 5.69 Å². The third-order valence-electron chi connectivity index (χ3n) is 3.59. The summed E-state index contributed by atoms with van der Waals surface area (Å²) in [5.41, 5.74) is 0.371. The first-order valence-electron chi connectivity index (χ1n) is 7.46. The topological polar surface area (TPSA) is 80.4 Å². The van der Waals surface area contributed by atoms with Crippen LogP contribution < -0.4 is 0 Å². The van der Waals surface area contributed by atoms with Gasteiger partial charge in [0.2, 0.25) is 0 Å². The first kappa shape index (κ1) is 17.3. The van der Waals surface area contributed by atoms with E-state index in [0.29, 0.717) is 18.4 Å². The largest absolute Gasteiger partial charge is 0.388 e. The molecule has 0 radical (unpaired) electrons. The molecular weight excluding hydrogens is 270 g/mol. The molecule has 0 aliphatic rings. The van der Waals surface area contributed by atoms with Crippen LogP contribution >= 0.6 is 0 Å². The number of aliphatic hydroxyl groups excluding tert-OH is 1. The van der Waals surface area contributed by atoms with E-state index < -0.39 is 16.9 Å². The Morgan fingerprint density at radius 2 is 2.05 bits per heavy atom. The number of carbonyl (C=O) groups is 1. The molecular formula is C16H23NO4. The minimum atomic E-state index is -0.978. The van der Waals surface area contributed by atoms with Crippen molar-refractivity contribution in [3.05, 3.63) is 39.9 Å². The van der Waals surface area contributed by atoms with E-state index in [1.165, 1.54) is 18.2 Å². The lowest BCUT2D eigenvalue weighted by Crippen LogP contribution is -2.22. The van der Waals surface area contributed by atoms with Crippen LogP contribution in [0.1, 0.15) is 57.6 Å². The van der Waals surface area contributed by atoms with Gasteiger partial charge in [-0.05, 0) is 18.4 Å². The minimum Gasteiger partial charge on any atom is -0.388 e. The molecule has 0 aliphatic carbocycles. The summed E-state index contributed by atoms with van der Waals surface area (Å²) in [7, 11) is 0. The molecule has 0 spiro atoms. The second-order valence-electron chi connectivity index (χ2n) is 5.26. The van der Waals surface area contributed by atoms with Crippen molar-refractivity contribution in [1.82, 2.24) is 0 Å². The van der Waals surface area contributed by atoms with Crippen molar-refractivity contribution in [1.29, 1.82) is 0 Å². The average Bonchev–Trinajstić information content (AvgIpc) is 2.49. The number of non-ortho nitro benzene ring substituents is 1. The number of nitrogens with zero attached hydrogens (tertiary/aromatic N) is 1. The zero-order valence-electron chi connectivity index (χ0n) is 12.6. The summed E-state index contributed by atoms with van der Waals surface area (Å²) in [6.07, 6.45) is 2.58. The van der Waals surface area contributed by atoms with Crippen LogP contribution in [0.25, 0.3) is 0 Å². The Balaban J connectivity index is 2.94. The van der Waals surface area contributed by atoms with E-state index in [2.05, 4.69) is 0 Å². The van der Waals surface area contributed by atoms with Crippen molar-refractivity contribution in [2.45, 2.75) is 52.1 Å². The van der Waals surface area contributed by atoms with Crippen LogP contribution in [0.2, 0.25) is 0 Å². The molecule has 2 atom stereocenters. The van der Waals surface area contributed by atoms with Crippen LogP contribution in [0.3, 0.4) is 0 Å². The quantitative estimate of drug-likeness (QED) is 0.554. The molecule has 0 aromatic heterocycles. The van der Waals surface area contributed by atoms with Crippen LogP contribution in [0.5, 0.6) is 0 Å². The number of carbonyl (C=O) groups excluding carboxylic acids is 1. The summed E-state index contributed by atoms with van der Waals surface area (Å²) in [5.74, 6) is -0.443. The summed E-state index contributed by atoms with van der Waals surface area (Å²) in [4.78, 5) is 22.5. The van der Waals surface area contributed by atoms with Crippen LogP contribution in [0.4, 0.5) is 5.69 Å². The molecule has 0 saturated heterocycles. The Morgan fingerprint density at radius 3 is 2.62 bits per heavy atom. The summed E-state index contributed by atoms with van der Waals surface area (Å²) < 4.78 is 0. The molecule has 1 N–H and O–H groups in total. The maximum absolute atomic E-state index is 12.2. The number of benzene rings is 1. The highest BCUT2D eigenvalue weighted by Gasteiger charge is 2.27. The molecule has 5 nitrogen and oxygen atoms in total. The number of hydrogen-bond acceptors (Lipinski definition) is 4. The molecule has 0 saturated carbocycles. The summed E-state index contributed by atoms with van der Waals surface area (Å²) in [6.45, 7) is 3.97. The van der Waals surface area contributed by atoms with Crippen molar-refractivity contribution in [2.24, 2.45) is 5.92 Å². The lowest BCUT2D eigenvalue weighted by Gasteiger charge is -2.21. The van der Waals surface area contributed by atoms with Gasteiger partial charge in [-0.15, -0.1) is 0 Å². The lowest BCUT2D eigenvalue weighted by atomic mass is 9.86. The molecule has 1 aromatic carbocycles. The van der Waals surface area contributed by atoms with E-state index in [0.717, 1.165) is 19.3 Å². The van der Waals surface area contributed by atoms with Gasteiger partial charge >= 0.3 is 0 Å². The number of unbranched alkanes of at least 4 members (excludes halogenated alkanes) is 1. The monoisotopic (exact) mass is 293 g/mol. The SMILES string of the molecule is CCCCC(=O)C(CCC)C(O)c1cccc([N+](=O)[O-])c1. The fourth-order valence-electron chi connectivity index (χ4n) is 2.40. The van der Waals surface area contributed by atoms with Crippen molar-refractivity contribution >= 4 is 11.5 Å². The van der Waals surface area contributed by atoms with Gasteiger partial charge in [-0.1, -0.05) is 38.8 Å². The average molecular weight is 293 g/mol. The third-order valence-corrected chi connectivity index (χ3v) is 3.59. The Kier molecular flexibility index (Phi) is 7.02. The van der Waals surface area contributed by atoms with Gasteiger partial charge in [0.15, 0.2) is 0 Å². The Morgan fingerprint density at radius 1 is 1.33 bits per heavy atom. The third kappa shape index (κ3) is 4.93. The van der Waals surface area contributed by atoms with E-state index in [9.17, 15) is 20.0 Å². The van der Waals surface area contributed by atoms with E-state index in [4.69, 9.17) is 0 Å². The fourth-order valence-corrected chi connectivity index (χ4v) is 2.40. The van der Waals surface area contributed by atoms with Crippen molar-refractivity contribution < 1.29 is 14.8 Å². The van der Waals surface area contributed by atoms with Gasteiger partial charge < -0.3 is 5.11 Å². The zero-order valence-corrected chi connectivity index (χ0v) is 12.6. The van der Waals surface area contributed by atoms with E-state index >= 15 is 0 Å². The number of ketones is 1. The van der Waals surface area contributed by atoms with Crippen LogP contribution in [0.15, 0.2) is 24.3 Å². The summed E-state index contributed by atoms with van der Waals surface area (Å²) >= 11 is 0. The Hall–Kier alpha value is -1.75. The highest BCUT2D eigenvalue weighted by atomic mass is 16.6. The molecule has 21 heavy (non-hydrogen) atoms. The van der Waals surface area contributed by atoms with Crippen molar-refractivity contribution in [3.63, 3.8) is 0 Å². The number of hydrogen-bond donors (Lipinski definition) is 1. The molecule has 5 heteroatoms. The van der Waals surface area contributed by atoms with E-state index in [1.54, 1.807) is 6.07 Å². The second kappa shape index (κ2) is 8.52. The number of nitro groups is 1. The molecule has 1 rings (SSSR count). The first-order chi connectivity index (χ1) is 10.0. The highest BCUT2D eigenvalue weighted by Crippen LogP contribution is 2.30. The highest BCUT2D eigenvalue weighted by molar-refractivity contribution is 5.81. The van der Waals surface area contributed by atoms with Crippen molar-refractivity contribution in [3.8, 4) is 0 Å². The smallest absolute Gasteiger partial charge is 0.269 e. The number of nitro benzene ring substituents is 1. The molecule has 0 aliphatic heterocycles. The van der Waals surface area contributed by atoms with Crippen LogP contribution in [0, 0.1) is 16.0 Å². The van der Waals surface area contributed by atoms with Gasteiger partial charge in [0.05, 0.1) is 11.0 Å². The van der Waals surface area contributed by atoms with Gasteiger partial charge in [0, 0.05) is 24.5 Å². The molecule has 1 aromatic rings. The van der Waals surface area contributed by atoms with Gasteiger partial charge in [-0.3, -0.25) is 14.9 Å². The zero-order chi connectivity index (χ0) is 15.8. The molecule has 0 bridgehead atoms. The van der Waals surface area contributed by atoms with Crippen molar-refractivity contribution in [2.75, 3.05) is 0 Å². The minimum absolute atomic E-state index is 0.0395. The van der Waals surface area contributed by atoms with Gasteiger partial charge in [-0.25, -0.2) is 0 Å². The summed E-state index contributed by atoms with van der Waals surface area (Å²) in [5, 5.41) is 21.2. The van der Waals surface area contributed by atoms with E-state index in [1.807, 2.05) is 13.8 Å². The van der Waals surface area contributed by atoms with Gasteiger partial charge in [-0.2, -0.15) is 0 Å². The van der Waals surface area contributed by atoms with Crippen LogP contribution in [-0.2, 0) is 4.79 Å². The normalized spacial score (nSPS) is 13.7. The Labute approximate surface area is 125 Å². The first-order valence-corrected chi connectivity index (χ1v) is 7.46. The maximum Gasteiger partial charge on any atom is 0.269 e. The predicted molar refractivity (Wildman–Crippen MR) is 81.0 cm³/mol. The molecule has 0 amide bonds. The van der Waals surface area contributed by atoms with Gasteiger partial charge in [0.1, 0.15) is 5.78 Å². The summed E-state index contributed by atoms with van der Waals surface area (Å²) in [6, 6.07) is 5.90. The number of aliphatic hydroxyl groups is 1. The molecule has 116 valence electrons. The fraction of sp³-hybridized carbons (Fsp3) is 0.562. The molecule has 2 unspecified atom stereocenters. The molecule has 0 fully saturated rings.